The van der Waals surface area contributed by atoms with Crippen molar-refractivity contribution in [2.45, 2.75) is 130 Å². The molecule has 4 aliphatic rings. The summed E-state index contributed by atoms with van der Waals surface area (Å²) >= 11 is 0. The van der Waals surface area contributed by atoms with Gasteiger partial charge >= 0.3 is 0 Å². The van der Waals surface area contributed by atoms with Crippen molar-refractivity contribution < 1.29 is 4.79 Å². The lowest BCUT2D eigenvalue weighted by Crippen LogP contribution is -2.62. The summed E-state index contributed by atoms with van der Waals surface area (Å²) < 4.78 is 0. The zero-order chi connectivity index (χ0) is 20.9. The highest BCUT2D eigenvalue weighted by Gasteiger charge is 2.72. The smallest absolute Gasteiger partial charge is 0.132 e. The number of carbonyl (C=O) groups excluding carboxylic acids is 1. The van der Waals surface area contributed by atoms with E-state index >= 15 is 0 Å². The van der Waals surface area contributed by atoms with Crippen molar-refractivity contribution in [1.29, 1.82) is 0 Å². The first kappa shape index (κ1) is 21.8. The summed E-state index contributed by atoms with van der Waals surface area (Å²) in [5.74, 6) is 2.86. The third kappa shape index (κ3) is 2.94. The highest BCUT2D eigenvalue weighted by Crippen LogP contribution is 2.77. The molecule has 0 radical (unpaired) electrons. The number of ketones is 1. The Morgan fingerprint density at radius 2 is 1.72 bits per heavy atom. The minimum atomic E-state index is 0.0733. The molecule has 1 spiro atoms. The van der Waals surface area contributed by atoms with Crippen LogP contribution in [0.5, 0.6) is 0 Å². The van der Waals surface area contributed by atoms with E-state index in [0.29, 0.717) is 28.4 Å². The van der Waals surface area contributed by atoms with E-state index in [1.807, 2.05) is 6.92 Å². The summed E-state index contributed by atoms with van der Waals surface area (Å²) in [5, 5.41) is 0. The highest BCUT2D eigenvalue weighted by molar-refractivity contribution is 5.77. The van der Waals surface area contributed by atoms with Crippen molar-refractivity contribution in [3.8, 4) is 0 Å². The molecule has 0 bridgehead atoms. The SMILES string of the molecule is CCC(=O)CCCC1CCC2C1(C)CCCC21C[C@H](CC)C2(N)CCCCC12C. The Kier molecular flexibility index (Phi) is 5.76. The molecule has 0 aromatic rings. The van der Waals surface area contributed by atoms with E-state index in [4.69, 9.17) is 5.73 Å². The number of hydrogen-bond acceptors (Lipinski definition) is 2. The molecule has 7 atom stereocenters. The molecule has 4 fully saturated rings. The molecule has 6 unspecified atom stereocenters. The standard InChI is InChI=1S/C27H47NO/c1-5-20-19-26(25(4)16-7-8-18-27(20,25)28)17-10-15-24(3)21(13-14-23(24)26)11-9-12-22(29)6-2/h20-21,23H,5-19,28H2,1-4H3/t20-,21?,23?,24?,25?,26?,27?/m0/s1. The molecule has 4 saturated carbocycles. The van der Waals surface area contributed by atoms with Crippen LogP contribution in [0.3, 0.4) is 0 Å². The van der Waals surface area contributed by atoms with Crippen molar-refractivity contribution in [2.75, 3.05) is 0 Å². The summed E-state index contributed by atoms with van der Waals surface area (Å²) in [6.45, 7) is 9.70. The Morgan fingerprint density at radius 1 is 0.966 bits per heavy atom. The zero-order valence-corrected chi connectivity index (χ0v) is 19.8. The number of fused-ring (bicyclic) bond motifs is 4. The fourth-order valence-electron chi connectivity index (χ4n) is 9.79. The van der Waals surface area contributed by atoms with Gasteiger partial charge in [-0.1, -0.05) is 53.4 Å². The molecule has 2 heteroatoms. The van der Waals surface area contributed by atoms with Crippen molar-refractivity contribution in [3.05, 3.63) is 0 Å². The van der Waals surface area contributed by atoms with Crippen molar-refractivity contribution in [2.24, 2.45) is 39.7 Å². The predicted octanol–water partition coefficient (Wildman–Crippen LogP) is 7.05. The summed E-state index contributed by atoms with van der Waals surface area (Å²) in [6.07, 6.45) is 19.0. The molecule has 2 nitrogen and oxygen atoms in total. The summed E-state index contributed by atoms with van der Waals surface area (Å²) in [5.41, 5.74) is 8.78. The number of rotatable bonds is 6. The zero-order valence-electron chi connectivity index (χ0n) is 19.8. The summed E-state index contributed by atoms with van der Waals surface area (Å²) in [6, 6.07) is 0. The number of nitrogens with two attached hydrogens (primary N) is 1. The van der Waals surface area contributed by atoms with Gasteiger partial charge in [0.25, 0.3) is 0 Å². The largest absolute Gasteiger partial charge is 0.324 e. The molecule has 29 heavy (non-hydrogen) atoms. The van der Waals surface area contributed by atoms with Crippen molar-refractivity contribution in [3.63, 3.8) is 0 Å². The average Bonchev–Trinajstić information content (AvgIpc) is 3.14. The van der Waals surface area contributed by atoms with E-state index in [0.717, 1.165) is 30.6 Å². The highest BCUT2D eigenvalue weighted by atomic mass is 16.1. The van der Waals surface area contributed by atoms with Crippen LogP contribution in [-0.4, -0.2) is 11.3 Å². The van der Waals surface area contributed by atoms with Gasteiger partial charge in [0, 0.05) is 18.4 Å². The lowest BCUT2D eigenvalue weighted by molar-refractivity contribution is -0.120. The number of Topliss-reactive ketones (excluding diaryl/α,β-unsaturated/α-hetero) is 1. The molecular formula is C27H47NO. The van der Waals surface area contributed by atoms with Gasteiger partial charge < -0.3 is 5.73 Å². The van der Waals surface area contributed by atoms with Gasteiger partial charge in [-0.3, -0.25) is 4.79 Å². The number of hydrogen-bond donors (Lipinski definition) is 1. The van der Waals surface area contributed by atoms with E-state index in [2.05, 4.69) is 20.8 Å². The Morgan fingerprint density at radius 3 is 2.45 bits per heavy atom. The van der Waals surface area contributed by atoms with Crippen LogP contribution in [0.4, 0.5) is 0 Å². The van der Waals surface area contributed by atoms with Gasteiger partial charge in [0.1, 0.15) is 5.78 Å². The second-order valence-electron chi connectivity index (χ2n) is 12.0. The minimum Gasteiger partial charge on any atom is -0.324 e. The third-order valence-corrected chi connectivity index (χ3v) is 11.4. The second kappa shape index (κ2) is 7.64. The van der Waals surface area contributed by atoms with Crippen LogP contribution in [0.25, 0.3) is 0 Å². The van der Waals surface area contributed by atoms with Gasteiger partial charge in [0.05, 0.1) is 0 Å². The van der Waals surface area contributed by atoms with Gasteiger partial charge in [-0.15, -0.1) is 0 Å². The lowest BCUT2D eigenvalue weighted by atomic mass is 9.44. The van der Waals surface area contributed by atoms with E-state index in [-0.39, 0.29) is 5.54 Å². The lowest BCUT2D eigenvalue weighted by Gasteiger charge is -2.62. The second-order valence-corrected chi connectivity index (χ2v) is 12.0. The monoisotopic (exact) mass is 401 g/mol. The predicted molar refractivity (Wildman–Crippen MR) is 122 cm³/mol. The van der Waals surface area contributed by atoms with E-state index < -0.39 is 0 Å². The molecule has 4 aliphatic carbocycles. The maximum absolute atomic E-state index is 11.8. The maximum atomic E-state index is 11.8. The van der Waals surface area contributed by atoms with E-state index in [9.17, 15) is 4.79 Å². The average molecular weight is 402 g/mol. The first-order valence-corrected chi connectivity index (χ1v) is 13.1. The van der Waals surface area contributed by atoms with Gasteiger partial charge in [-0.05, 0) is 91.8 Å². The van der Waals surface area contributed by atoms with Crippen LogP contribution in [0.2, 0.25) is 0 Å². The van der Waals surface area contributed by atoms with Crippen LogP contribution < -0.4 is 5.73 Å². The first-order valence-electron chi connectivity index (χ1n) is 13.1. The first-order chi connectivity index (χ1) is 13.8. The topological polar surface area (TPSA) is 43.1 Å². The van der Waals surface area contributed by atoms with Gasteiger partial charge in [0.15, 0.2) is 0 Å². The Hall–Kier alpha value is -0.370. The Bertz CT molecular complexity index is 630. The normalized spacial score (nSPS) is 49.2. The fourth-order valence-corrected chi connectivity index (χ4v) is 9.79. The summed E-state index contributed by atoms with van der Waals surface area (Å²) in [7, 11) is 0. The maximum Gasteiger partial charge on any atom is 0.132 e. The van der Waals surface area contributed by atoms with E-state index in [1.165, 1.54) is 77.0 Å². The Labute approximate surface area is 180 Å². The fraction of sp³-hybridized carbons (Fsp3) is 0.963. The number of carbonyl (C=O) groups is 1. The van der Waals surface area contributed by atoms with Crippen LogP contribution in [-0.2, 0) is 4.79 Å². The van der Waals surface area contributed by atoms with Gasteiger partial charge in [0.2, 0.25) is 0 Å². The molecule has 0 saturated heterocycles. The van der Waals surface area contributed by atoms with Crippen LogP contribution >= 0.6 is 0 Å². The molecule has 0 aromatic carbocycles. The molecule has 2 N–H and O–H groups in total. The van der Waals surface area contributed by atoms with Gasteiger partial charge in [-0.2, -0.15) is 0 Å². The molecule has 4 rings (SSSR count). The molecule has 0 aromatic heterocycles. The van der Waals surface area contributed by atoms with E-state index in [1.54, 1.807) is 0 Å². The van der Waals surface area contributed by atoms with Crippen molar-refractivity contribution in [1.82, 2.24) is 0 Å². The van der Waals surface area contributed by atoms with Crippen LogP contribution in [0.15, 0.2) is 0 Å². The Balaban J connectivity index is 1.62. The molecule has 0 aliphatic heterocycles. The quantitative estimate of drug-likeness (QED) is 0.518. The molecule has 166 valence electrons. The molecule has 0 heterocycles. The molecular weight excluding hydrogens is 354 g/mol. The third-order valence-electron chi connectivity index (χ3n) is 11.4. The van der Waals surface area contributed by atoms with Gasteiger partial charge in [-0.25, -0.2) is 0 Å². The van der Waals surface area contributed by atoms with Crippen LogP contribution in [0, 0.1) is 34.0 Å². The van der Waals surface area contributed by atoms with Crippen LogP contribution in [0.1, 0.15) is 124 Å². The minimum absolute atomic E-state index is 0.0733. The molecule has 0 amide bonds. The van der Waals surface area contributed by atoms with Crippen molar-refractivity contribution >= 4 is 5.78 Å². The summed E-state index contributed by atoms with van der Waals surface area (Å²) in [4.78, 5) is 11.8.